The van der Waals surface area contributed by atoms with E-state index in [1.165, 1.54) is 16.3 Å². The largest absolute Gasteiger partial charge is 0.349 e. The van der Waals surface area contributed by atoms with Gasteiger partial charge in [-0.15, -0.1) is 0 Å². The molecule has 4 rings (SSSR count). The topological polar surface area (TPSA) is 30.7 Å². The molecule has 0 bridgehead atoms. The smallest absolute Gasteiger partial charge is 0.0731 e. The number of fused-ring (bicyclic) bond motifs is 2. The van der Waals surface area contributed by atoms with Crippen LogP contribution in [-0.4, -0.2) is 14.5 Å². The Hall–Kier alpha value is -2.68. The number of nitrogens with zero attached hydrogens (tertiary/aromatic N) is 3. The summed E-state index contributed by atoms with van der Waals surface area (Å²) < 4.78 is 2.10. The van der Waals surface area contributed by atoms with Gasteiger partial charge in [-0.25, -0.2) is 4.98 Å². The van der Waals surface area contributed by atoms with E-state index >= 15 is 0 Å². The summed E-state index contributed by atoms with van der Waals surface area (Å²) in [5, 5.41) is 2.36. The Morgan fingerprint density at radius 3 is 2.81 bits per heavy atom. The molecule has 0 saturated heterocycles. The van der Waals surface area contributed by atoms with Crippen LogP contribution in [0.2, 0.25) is 0 Å². The van der Waals surface area contributed by atoms with E-state index in [1.807, 2.05) is 25.5 Å². The average Bonchev–Trinajstić information content (AvgIpc) is 2.84. The molecule has 0 atom stereocenters. The van der Waals surface area contributed by atoms with E-state index in [1.54, 1.807) is 0 Å². The fourth-order valence-corrected chi connectivity index (χ4v) is 2.81. The Bertz CT molecular complexity index is 967. The van der Waals surface area contributed by atoms with Crippen molar-refractivity contribution in [2.24, 2.45) is 7.05 Å². The van der Waals surface area contributed by atoms with E-state index in [9.17, 15) is 0 Å². The summed E-state index contributed by atoms with van der Waals surface area (Å²) in [7, 11) is 2.04. The zero-order chi connectivity index (χ0) is 14.4. The number of hydrogen-bond acceptors (Lipinski definition) is 2. The molecule has 4 aromatic rings. The second-order valence-corrected chi connectivity index (χ2v) is 5.44. The minimum absolute atomic E-state index is 1.00. The Balaban J connectivity index is 2.00. The summed E-state index contributed by atoms with van der Waals surface area (Å²) in [4.78, 5) is 9.04. The molecule has 0 aliphatic carbocycles. The fourth-order valence-electron chi connectivity index (χ4n) is 2.81. The van der Waals surface area contributed by atoms with Gasteiger partial charge in [0.15, 0.2) is 0 Å². The van der Waals surface area contributed by atoms with Crippen LogP contribution in [0.5, 0.6) is 0 Å². The molecular formula is C18H15N3. The average molecular weight is 273 g/mol. The van der Waals surface area contributed by atoms with E-state index in [2.05, 4.69) is 53.0 Å². The standard InChI is InChI=1S/C18H15N3/c1-12-3-4-13-5-6-16(20-17(13)9-12)15-11-21(2)18-10-19-8-7-14(15)18/h3-11H,1-2H3. The van der Waals surface area contributed by atoms with Crippen LogP contribution in [0.1, 0.15) is 5.56 Å². The molecule has 0 unspecified atom stereocenters. The molecule has 21 heavy (non-hydrogen) atoms. The van der Waals surface area contributed by atoms with E-state index in [4.69, 9.17) is 4.98 Å². The molecule has 0 aliphatic heterocycles. The monoisotopic (exact) mass is 273 g/mol. The van der Waals surface area contributed by atoms with Crippen LogP contribution in [-0.2, 0) is 7.05 Å². The van der Waals surface area contributed by atoms with Crippen molar-refractivity contribution in [1.82, 2.24) is 14.5 Å². The van der Waals surface area contributed by atoms with Crippen molar-refractivity contribution in [3.63, 3.8) is 0 Å². The minimum atomic E-state index is 1.00. The highest BCUT2D eigenvalue weighted by Crippen LogP contribution is 2.29. The van der Waals surface area contributed by atoms with Crippen molar-refractivity contribution in [3.8, 4) is 11.3 Å². The maximum atomic E-state index is 4.84. The Morgan fingerprint density at radius 2 is 1.90 bits per heavy atom. The highest BCUT2D eigenvalue weighted by molar-refractivity contribution is 5.95. The van der Waals surface area contributed by atoms with Gasteiger partial charge in [-0.1, -0.05) is 18.2 Å². The van der Waals surface area contributed by atoms with Crippen molar-refractivity contribution in [3.05, 3.63) is 60.6 Å². The normalized spacial score (nSPS) is 11.3. The van der Waals surface area contributed by atoms with Gasteiger partial charge in [-0.3, -0.25) is 4.98 Å². The van der Waals surface area contributed by atoms with Crippen molar-refractivity contribution >= 4 is 21.8 Å². The zero-order valence-electron chi connectivity index (χ0n) is 12.0. The molecule has 0 saturated carbocycles. The lowest BCUT2D eigenvalue weighted by atomic mass is 10.1. The van der Waals surface area contributed by atoms with Crippen LogP contribution in [0.25, 0.3) is 33.1 Å². The summed E-state index contributed by atoms with van der Waals surface area (Å²) in [5.41, 5.74) is 5.55. The highest BCUT2D eigenvalue weighted by atomic mass is 14.9. The van der Waals surface area contributed by atoms with Crippen molar-refractivity contribution < 1.29 is 0 Å². The molecule has 0 amide bonds. The van der Waals surface area contributed by atoms with Crippen LogP contribution in [0, 0.1) is 6.92 Å². The van der Waals surface area contributed by atoms with Gasteiger partial charge in [0, 0.05) is 35.8 Å². The van der Waals surface area contributed by atoms with Crippen molar-refractivity contribution in [1.29, 1.82) is 0 Å². The van der Waals surface area contributed by atoms with Crippen molar-refractivity contribution in [2.75, 3.05) is 0 Å². The molecule has 3 heteroatoms. The second-order valence-electron chi connectivity index (χ2n) is 5.44. The summed E-state index contributed by atoms with van der Waals surface area (Å²) in [6, 6.07) is 12.6. The molecule has 102 valence electrons. The number of hydrogen-bond donors (Lipinski definition) is 0. The summed E-state index contributed by atoms with van der Waals surface area (Å²) in [6.45, 7) is 2.09. The molecule has 3 nitrogen and oxygen atoms in total. The Labute approximate surface area is 122 Å². The Kier molecular flexibility index (Phi) is 2.54. The SMILES string of the molecule is Cc1ccc2ccc(-c3cn(C)c4cnccc34)nc2c1. The first-order valence-electron chi connectivity index (χ1n) is 6.99. The molecule has 0 aliphatic rings. The van der Waals surface area contributed by atoms with Gasteiger partial charge in [-0.05, 0) is 30.7 Å². The van der Waals surface area contributed by atoms with Gasteiger partial charge in [-0.2, -0.15) is 0 Å². The van der Waals surface area contributed by atoms with Crippen LogP contribution in [0.3, 0.4) is 0 Å². The van der Waals surface area contributed by atoms with E-state index < -0.39 is 0 Å². The minimum Gasteiger partial charge on any atom is -0.349 e. The van der Waals surface area contributed by atoms with E-state index in [0.29, 0.717) is 0 Å². The van der Waals surface area contributed by atoms with Crippen LogP contribution in [0.4, 0.5) is 0 Å². The number of aromatic nitrogens is 3. The maximum Gasteiger partial charge on any atom is 0.0731 e. The predicted molar refractivity (Wildman–Crippen MR) is 86.2 cm³/mol. The summed E-state index contributed by atoms with van der Waals surface area (Å²) in [5.74, 6) is 0. The molecule has 0 spiro atoms. The summed E-state index contributed by atoms with van der Waals surface area (Å²) >= 11 is 0. The number of benzene rings is 1. The number of rotatable bonds is 1. The van der Waals surface area contributed by atoms with Gasteiger partial charge in [0.25, 0.3) is 0 Å². The molecular weight excluding hydrogens is 258 g/mol. The van der Waals surface area contributed by atoms with Gasteiger partial charge >= 0.3 is 0 Å². The lowest BCUT2D eigenvalue weighted by Crippen LogP contribution is -1.85. The van der Waals surface area contributed by atoms with Gasteiger partial charge in [0.05, 0.1) is 22.9 Å². The molecule has 1 aromatic carbocycles. The quantitative estimate of drug-likeness (QED) is 0.523. The van der Waals surface area contributed by atoms with Gasteiger partial charge in [0.2, 0.25) is 0 Å². The van der Waals surface area contributed by atoms with Crippen LogP contribution < -0.4 is 0 Å². The lowest BCUT2D eigenvalue weighted by Gasteiger charge is -2.03. The van der Waals surface area contributed by atoms with Crippen molar-refractivity contribution in [2.45, 2.75) is 6.92 Å². The zero-order valence-corrected chi connectivity index (χ0v) is 12.0. The fraction of sp³-hybridized carbons (Fsp3) is 0.111. The molecule has 3 heterocycles. The van der Waals surface area contributed by atoms with Gasteiger partial charge in [0.1, 0.15) is 0 Å². The molecule has 0 radical (unpaired) electrons. The molecule has 0 N–H and O–H groups in total. The van der Waals surface area contributed by atoms with E-state index in [0.717, 1.165) is 22.3 Å². The third-order valence-electron chi connectivity index (χ3n) is 3.92. The second kappa shape index (κ2) is 4.42. The number of pyridine rings is 2. The van der Waals surface area contributed by atoms with Crippen LogP contribution in [0.15, 0.2) is 55.0 Å². The summed E-state index contributed by atoms with van der Waals surface area (Å²) in [6.07, 6.45) is 5.84. The first kappa shape index (κ1) is 12.1. The first-order valence-corrected chi connectivity index (χ1v) is 6.99. The lowest BCUT2D eigenvalue weighted by molar-refractivity contribution is 0.965. The predicted octanol–water partition coefficient (Wildman–Crippen LogP) is 4.10. The third kappa shape index (κ3) is 1.89. The third-order valence-corrected chi connectivity index (χ3v) is 3.92. The first-order chi connectivity index (χ1) is 10.2. The molecule has 3 aromatic heterocycles. The van der Waals surface area contributed by atoms with E-state index in [-0.39, 0.29) is 0 Å². The van der Waals surface area contributed by atoms with Crippen LogP contribution >= 0.6 is 0 Å². The maximum absolute atomic E-state index is 4.84. The highest BCUT2D eigenvalue weighted by Gasteiger charge is 2.10. The Morgan fingerprint density at radius 1 is 1.05 bits per heavy atom. The number of aryl methyl sites for hydroxylation is 2. The van der Waals surface area contributed by atoms with Gasteiger partial charge < -0.3 is 4.57 Å². The molecule has 0 fully saturated rings.